The second-order valence-electron chi connectivity index (χ2n) is 15.4. The predicted molar refractivity (Wildman–Crippen MR) is 210 cm³/mol. The molecule has 0 aliphatic rings. The Hall–Kier alpha value is -3.02. The fourth-order valence-electron chi connectivity index (χ4n) is 6.49. The van der Waals surface area contributed by atoms with E-state index in [4.69, 9.17) is 11.5 Å². The third-order valence-corrected chi connectivity index (χ3v) is 9.45. The second-order valence-corrected chi connectivity index (χ2v) is 15.4. The molecule has 0 spiro atoms. The van der Waals surface area contributed by atoms with Crippen LogP contribution in [-0.4, -0.2) is 72.6 Å². The van der Waals surface area contributed by atoms with Crippen molar-refractivity contribution in [3.8, 4) is 0 Å². The van der Waals surface area contributed by atoms with E-state index in [0.717, 1.165) is 19.3 Å². The van der Waals surface area contributed by atoms with Crippen molar-refractivity contribution in [3.63, 3.8) is 0 Å². The van der Waals surface area contributed by atoms with E-state index in [1.807, 2.05) is 27.7 Å². The Kier molecular flexibility index (Phi) is 28.7. The third-order valence-electron chi connectivity index (χ3n) is 9.45. The number of nitrogens with two attached hydrogens (primary N) is 2. The molecule has 0 aliphatic heterocycles. The van der Waals surface area contributed by atoms with Gasteiger partial charge in [-0.2, -0.15) is 0 Å². The quantitative estimate of drug-likeness (QED) is 0.0289. The maximum atomic E-state index is 13.5. The van der Waals surface area contributed by atoms with Crippen LogP contribution in [0.4, 0.5) is 0 Å². The molecular weight excluding hydrogens is 660 g/mol. The van der Waals surface area contributed by atoms with Gasteiger partial charge in [-0.1, -0.05) is 112 Å². The lowest BCUT2D eigenvalue weighted by Crippen LogP contribution is -2.48. The van der Waals surface area contributed by atoms with E-state index in [1.54, 1.807) is 0 Å². The van der Waals surface area contributed by atoms with E-state index in [1.165, 1.54) is 71.3 Å². The summed E-state index contributed by atoms with van der Waals surface area (Å²) in [6, 6.07) is -1.74. The maximum absolute atomic E-state index is 13.5. The van der Waals surface area contributed by atoms with Crippen LogP contribution in [0.25, 0.3) is 0 Å². The highest BCUT2D eigenvalue weighted by Gasteiger charge is 2.32. The number of aliphatic imine (C=N–C) groups is 1. The third kappa shape index (κ3) is 25.0. The normalized spacial score (nSPS) is 13.6. The Morgan fingerprint density at radius 3 is 1.62 bits per heavy atom. The predicted octanol–water partition coefficient (Wildman–Crippen LogP) is 5.47. The van der Waals surface area contributed by atoms with Crippen LogP contribution in [0.5, 0.6) is 0 Å². The standard InChI is InChI=1S/C40H76N6O6/c1-7-8-9-10-11-12-13-14-15-16-17-18-19-22-37(50)45-34(25-30(4)5)36(49)27-32(28-47)39(52)46-33(21-20-23-44-40(41)42)35(48)26-31(24-29(2)3)38(51)43-6/h29-34,47H,7-28H2,1-6H3,(H,43,51)(H,45,50)(H,46,52)(H4,41,42,44)/t31-,32+,33+,34+/m1/s1. The summed E-state index contributed by atoms with van der Waals surface area (Å²) in [5.41, 5.74) is 10.9. The molecule has 0 unspecified atom stereocenters. The van der Waals surface area contributed by atoms with Crippen molar-refractivity contribution in [3.05, 3.63) is 0 Å². The lowest BCUT2D eigenvalue weighted by Gasteiger charge is -2.25. The number of carbonyl (C=O) groups is 5. The van der Waals surface area contributed by atoms with Crippen LogP contribution in [0.2, 0.25) is 0 Å². The fourth-order valence-corrected chi connectivity index (χ4v) is 6.49. The van der Waals surface area contributed by atoms with Gasteiger partial charge in [0, 0.05) is 38.8 Å². The Bertz CT molecular complexity index is 1050. The van der Waals surface area contributed by atoms with Crippen molar-refractivity contribution in [1.29, 1.82) is 0 Å². The van der Waals surface area contributed by atoms with Crippen molar-refractivity contribution >= 4 is 35.2 Å². The first-order chi connectivity index (χ1) is 24.7. The molecule has 4 atom stereocenters. The van der Waals surface area contributed by atoms with Crippen LogP contribution in [-0.2, 0) is 24.0 Å². The second kappa shape index (κ2) is 30.4. The topological polar surface area (TPSA) is 206 Å². The van der Waals surface area contributed by atoms with E-state index in [0.29, 0.717) is 25.7 Å². The summed E-state index contributed by atoms with van der Waals surface area (Å²) in [4.78, 5) is 69.7. The Morgan fingerprint density at radius 2 is 1.13 bits per heavy atom. The molecule has 12 heteroatoms. The van der Waals surface area contributed by atoms with Gasteiger partial charge in [0.25, 0.3) is 0 Å². The summed E-state index contributed by atoms with van der Waals surface area (Å²) in [5, 5.41) is 18.4. The molecule has 0 bridgehead atoms. The zero-order chi connectivity index (χ0) is 39.3. The van der Waals surface area contributed by atoms with E-state index in [-0.39, 0.29) is 67.0 Å². The number of aliphatic hydroxyl groups is 1. The molecule has 3 amide bonds. The number of nitrogens with one attached hydrogen (secondary N) is 3. The minimum absolute atomic E-state index is 0.0738. The highest BCUT2D eigenvalue weighted by molar-refractivity contribution is 5.95. The van der Waals surface area contributed by atoms with Crippen LogP contribution >= 0.6 is 0 Å². The summed E-state index contributed by atoms with van der Waals surface area (Å²) >= 11 is 0. The summed E-state index contributed by atoms with van der Waals surface area (Å²) in [6.07, 6.45) is 17.2. The number of hydrogen-bond donors (Lipinski definition) is 6. The molecule has 8 N–H and O–H groups in total. The SMILES string of the molecule is CCCCCCCCCCCCCCCC(=O)N[C@@H](CC(C)C)C(=O)C[C@@H](CO)C(=O)N[C@@H](CCCN=C(N)N)C(=O)C[C@@H](CC(C)C)C(=O)NC. The van der Waals surface area contributed by atoms with Gasteiger partial charge in [0.05, 0.1) is 24.6 Å². The first-order valence-electron chi connectivity index (χ1n) is 20.3. The van der Waals surface area contributed by atoms with Crippen LogP contribution in [0.3, 0.4) is 0 Å². The highest BCUT2D eigenvalue weighted by atomic mass is 16.3. The number of hydrogen-bond acceptors (Lipinski definition) is 7. The van der Waals surface area contributed by atoms with Crippen LogP contribution < -0.4 is 27.4 Å². The molecule has 52 heavy (non-hydrogen) atoms. The van der Waals surface area contributed by atoms with E-state index < -0.39 is 36.4 Å². The van der Waals surface area contributed by atoms with Gasteiger partial charge >= 0.3 is 0 Å². The molecule has 0 aromatic rings. The van der Waals surface area contributed by atoms with Crippen LogP contribution in [0.15, 0.2) is 4.99 Å². The van der Waals surface area contributed by atoms with Crippen LogP contribution in [0.1, 0.15) is 163 Å². The monoisotopic (exact) mass is 737 g/mol. The Labute approximate surface area is 315 Å². The Balaban J connectivity index is 5.18. The van der Waals surface area contributed by atoms with Gasteiger partial charge in [-0.05, 0) is 43.9 Å². The molecule has 0 heterocycles. The summed E-state index contributed by atoms with van der Waals surface area (Å²) < 4.78 is 0. The van der Waals surface area contributed by atoms with E-state index in [2.05, 4.69) is 27.9 Å². The molecule has 0 aliphatic carbocycles. The lowest BCUT2D eigenvalue weighted by molar-refractivity contribution is -0.135. The number of carbonyl (C=O) groups excluding carboxylic acids is 5. The average molecular weight is 737 g/mol. The number of ketones is 2. The fraction of sp³-hybridized carbons (Fsp3) is 0.850. The Morgan fingerprint density at radius 1 is 0.635 bits per heavy atom. The zero-order valence-electron chi connectivity index (χ0n) is 33.6. The molecule has 0 aromatic carbocycles. The molecular formula is C40H76N6O6. The van der Waals surface area contributed by atoms with Crippen molar-refractivity contribution in [2.24, 2.45) is 40.1 Å². The van der Waals surface area contributed by atoms with Crippen molar-refractivity contribution in [2.45, 2.75) is 175 Å². The van der Waals surface area contributed by atoms with Crippen molar-refractivity contribution in [1.82, 2.24) is 16.0 Å². The molecule has 0 saturated carbocycles. The number of nitrogens with zero attached hydrogens (tertiary/aromatic N) is 1. The van der Waals surface area contributed by atoms with E-state index in [9.17, 15) is 29.1 Å². The van der Waals surface area contributed by atoms with Gasteiger partial charge < -0.3 is 32.5 Å². The van der Waals surface area contributed by atoms with Crippen LogP contribution in [0, 0.1) is 23.7 Å². The van der Waals surface area contributed by atoms with Gasteiger partial charge in [-0.3, -0.25) is 29.0 Å². The highest BCUT2D eigenvalue weighted by Crippen LogP contribution is 2.20. The van der Waals surface area contributed by atoms with Gasteiger partial charge in [-0.25, -0.2) is 0 Å². The number of amides is 3. The zero-order valence-corrected chi connectivity index (χ0v) is 33.6. The minimum atomic E-state index is -1.11. The smallest absolute Gasteiger partial charge is 0.226 e. The number of aliphatic hydroxyl groups excluding tert-OH is 1. The first kappa shape index (κ1) is 49.0. The number of guanidine groups is 1. The molecule has 0 fully saturated rings. The molecule has 0 aromatic heterocycles. The minimum Gasteiger partial charge on any atom is -0.396 e. The summed E-state index contributed by atoms with van der Waals surface area (Å²) in [6.45, 7) is 9.72. The van der Waals surface area contributed by atoms with Gasteiger partial charge in [0.2, 0.25) is 17.7 Å². The molecule has 12 nitrogen and oxygen atoms in total. The molecule has 302 valence electrons. The van der Waals surface area contributed by atoms with Gasteiger partial charge in [-0.15, -0.1) is 0 Å². The van der Waals surface area contributed by atoms with Crippen molar-refractivity contribution < 1.29 is 29.1 Å². The van der Waals surface area contributed by atoms with Crippen molar-refractivity contribution in [2.75, 3.05) is 20.2 Å². The van der Waals surface area contributed by atoms with E-state index >= 15 is 0 Å². The van der Waals surface area contributed by atoms with Gasteiger partial charge in [0.1, 0.15) is 0 Å². The number of rotatable bonds is 33. The largest absolute Gasteiger partial charge is 0.396 e. The molecule has 0 saturated heterocycles. The molecule has 0 rings (SSSR count). The summed E-state index contributed by atoms with van der Waals surface area (Å²) in [5.74, 6) is -3.23. The lowest BCUT2D eigenvalue weighted by atomic mass is 9.88. The number of unbranched alkanes of at least 4 members (excludes halogenated alkanes) is 12. The average Bonchev–Trinajstić information content (AvgIpc) is 3.08. The summed E-state index contributed by atoms with van der Waals surface area (Å²) in [7, 11) is 1.52. The van der Waals surface area contributed by atoms with Gasteiger partial charge in [0.15, 0.2) is 17.5 Å². The number of Topliss-reactive ketones (excluding diaryl/α,β-unsaturated/α-hetero) is 2. The first-order valence-corrected chi connectivity index (χ1v) is 20.3. The maximum Gasteiger partial charge on any atom is 0.226 e. The molecule has 0 radical (unpaired) electrons.